The van der Waals surface area contributed by atoms with E-state index >= 15 is 0 Å². The summed E-state index contributed by atoms with van der Waals surface area (Å²) in [6.07, 6.45) is 4.01. The first kappa shape index (κ1) is 12.4. The molecule has 0 bridgehead atoms. The second-order valence-corrected chi connectivity index (χ2v) is 6.36. The average molecular weight is 235 g/mol. The fourth-order valence-electron chi connectivity index (χ4n) is 1.83. The summed E-state index contributed by atoms with van der Waals surface area (Å²) in [4.78, 5) is 10.6. The first-order valence-electron chi connectivity index (χ1n) is 5.05. The van der Waals surface area contributed by atoms with Gasteiger partial charge in [0, 0.05) is 18.1 Å². The molecule has 0 amide bonds. The summed E-state index contributed by atoms with van der Waals surface area (Å²) in [6, 6.07) is -0.291. The summed E-state index contributed by atoms with van der Waals surface area (Å²) in [7, 11) is -2.89. The summed E-state index contributed by atoms with van der Waals surface area (Å²) < 4.78 is 21.7. The van der Waals surface area contributed by atoms with Gasteiger partial charge in [0.15, 0.2) is 0 Å². The molecule has 1 rings (SSSR count). The maximum absolute atomic E-state index is 10.9. The van der Waals surface area contributed by atoms with E-state index in [2.05, 4.69) is 5.32 Å². The Kier molecular flexibility index (Phi) is 4.10. The first-order chi connectivity index (χ1) is 6.88. The molecule has 0 spiro atoms. The lowest BCUT2D eigenvalue weighted by Gasteiger charge is -2.10. The summed E-state index contributed by atoms with van der Waals surface area (Å²) in [5.41, 5.74) is 0. The molecule has 1 aliphatic heterocycles. The van der Waals surface area contributed by atoms with Crippen LogP contribution in [0.3, 0.4) is 0 Å². The van der Waals surface area contributed by atoms with Crippen molar-refractivity contribution in [2.75, 3.05) is 12.0 Å². The number of carbonyl (C=O) groups is 1. The topological polar surface area (TPSA) is 83.5 Å². The molecule has 88 valence electrons. The van der Waals surface area contributed by atoms with Crippen LogP contribution in [0.15, 0.2) is 0 Å². The standard InChI is InChI=1S/C9H17NO4S/c1-15(13,14)6-2-3-7-4-5-8(10-7)9(11)12/h7-8,10H,2-6H2,1H3,(H,11,12). The Labute approximate surface area is 89.8 Å². The molecule has 1 saturated heterocycles. The number of sulfone groups is 1. The maximum Gasteiger partial charge on any atom is 0.320 e. The maximum atomic E-state index is 10.9. The van der Waals surface area contributed by atoms with Gasteiger partial charge in [-0.25, -0.2) is 8.42 Å². The van der Waals surface area contributed by atoms with Gasteiger partial charge >= 0.3 is 5.97 Å². The van der Waals surface area contributed by atoms with Crippen LogP contribution in [0.25, 0.3) is 0 Å². The first-order valence-corrected chi connectivity index (χ1v) is 7.11. The zero-order chi connectivity index (χ0) is 11.5. The number of carboxylic acid groups (broad SMARTS) is 1. The van der Waals surface area contributed by atoms with Crippen LogP contribution in [-0.4, -0.2) is 43.6 Å². The lowest BCUT2D eigenvalue weighted by molar-refractivity contribution is -0.139. The van der Waals surface area contributed by atoms with Crippen LogP contribution >= 0.6 is 0 Å². The van der Waals surface area contributed by atoms with Crippen molar-refractivity contribution < 1.29 is 18.3 Å². The SMILES string of the molecule is CS(=O)(=O)CCCC1CCC(C(=O)O)N1. The van der Waals surface area contributed by atoms with Gasteiger partial charge in [-0.3, -0.25) is 4.79 Å². The fraction of sp³-hybridized carbons (Fsp3) is 0.889. The molecule has 0 saturated carbocycles. The Morgan fingerprint density at radius 2 is 2.13 bits per heavy atom. The number of hydrogen-bond acceptors (Lipinski definition) is 4. The molecule has 0 aromatic carbocycles. The van der Waals surface area contributed by atoms with Crippen LogP contribution in [0.5, 0.6) is 0 Å². The molecular formula is C9H17NO4S. The largest absolute Gasteiger partial charge is 0.480 e. The zero-order valence-electron chi connectivity index (χ0n) is 8.77. The predicted molar refractivity (Wildman–Crippen MR) is 56.5 cm³/mol. The molecule has 6 heteroatoms. The van der Waals surface area contributed by atoms with Crippen LogP contribution < -0.4 is 5.32 Å². The van der Waals surface area contributed by atoms with E-state index in [9.17, 15) is 13.2 Å². The van der Waals surface area contributed by atoms with Crippen molar-refractivity contribution in [2.24, 2.45) is 0 Å². The molecule has 0 aliphatic carbocycles. The van der Waals surface area contributed by atoms with E-state index in [1.54, 1.807) is 0 Å². The van der Waals surface area contributed by atoms with E-state index in [-0.39, 0.29) is 11.8 Å². The summed E-state index contributed by atoms with van der Waals surface area (Å²) in [5.74, 6) is -0.635. The van der Waals surface area contributed by atoms with Gasteiger partial charge in [0.2, 0.25) is 0 Å². The molecule has 0 aromatic heterocycles. The number of hydrogen-bond donors (Lipinski definition) is 2. The molecule has 0 aromatic rings. The van der Waals surface area contributed by atoms with Gasteiger partial charge < -0.3 is 10.4 Å². The van der Waals surface area contributed by atoms with E-state index < -0.39 is 21.8 Å². The van der Waals surface area contributed by atoms with Crippen molar-refractivity contribution in [3.05, 3.63) is 0 Å². The van der Waals surface area contributed by atoms with E-state index in [0.29, 0.717) is 12.8 Å². The van der Waals surface area contributed by atoms with Gasteiger partial charge in [0.1, 0.15) is 15.9 Å². The van der Waals surface area contributed by atoms with Crippen molar-refractivity contribution in [1.29, 1.82) is 0 Å². The van der Waals surface area contributed by atoms with Gasteiger partial charge in [-0.2, -0.15) is 0 Å². The quantitative estimate of drug-likeness (QED) is 0.701. The number of aliphatic carboxylic acids is 1. The van der Waals surface area contributed by atoms with Crippen molar-refractivity contribution in [2.45, 2.75) is 37.8 Å². The summed E-state index contributed by atoms with van der Waals surface area (Å²) >= 11 is 0. The number of rotatable bonds is 5. The molecule has 2 N–H and O–H groups in total. The van der Waals surface area contributed by atoms with Gasteiger partial charge in [0.25, 0.3) is 0 Å². The second-order valence-electron chi connectivity index (χ2n) is 4.10. The Balaban J connectivity index is 2.22. The number of carboxylic acids is 1. The minimum atomic E-state index is -2.89. The Morgan fingerprint density at radius 1 is 1.47 bits per heavy atom. The van der Waals surface area contributed by atoms with Crippen molar-refractivity contribution in [3.63, 3.8) is 0 Å². The Morgan fingerprint density at radius 3 is 2.60 bits per heavy atom. The lowest BCUT2D eigenvalue weighted by Crippen LogP contribution is -2.35. The van der Waals surface area contributed by atoms with Crippen molar-refractivity contribution in [1.82, 2.24) is 5.32 Å². The highest BCUT2D eigenvalue weighted by Crippen LogP contribution is 2.16. The van der Waals surface area contributed by atoms with Gasteiger partial charge in [-0.05, 0) is 25.7 Å². The van der Waals surface area contributed by atoms with Crippen molar-refractivity contribution >= 4 is 15.8 Å². The van der Waals surface area contributed by atoms with E-state index in [1.165, 1.54) is 6.26 Å². The Hall–Kier alpha value is -0.620. The van der Waals surface area contributed by atoms with E-state index in [1.807, 2.05) is 0 Å². The molecule has 2 unspecified atom stereocenters. The third-order valence-corrected chi connectivity index (χ3v) is 3.64. The second kappa shape index (κ2) is 4.94. The monoisotopic (exact) mass is 235 g/mol. The van der Waals surface area contributed by atoms with Crippen molar-refractivity contribution in [3.8, 4) is 0 Å². The van der Waals surface area contributed by atoms with Gasteiger partial charge in [-0.1, -0.05) is 0 Å². The smallest absolute Gasteiger partial charge is 0.320 e. The van der Waals surface area contributed by atoms with E-state index in [0.717, 1.165) is 12.8 Å². The molecule has 5 nitrogen and oxygen atoms in total. The summed E-state index contributed by atoms with van der Waals surface area (Å²) in [5, 5.41) is 11.7. The zero-order valence-corrected chi connectivity index (χ0v) is 9.59. The van der Waals surface area contributed by atoms with Crippen LogP contribution in [0.2, 0.25) is 0 Å². The van der Waals surface area contributed by atoms with Crippen LogP contribution in [-0.2, 0) is 14.6 Å². The molecule has 1 heterocycles. The highest BCUT2D eigenvalue weighted by molar-refractivity contribution is 7.90. The summed E-state index contributed by atoms with van der Waals surface area (Å²) in [6.45, 7) is 0. The molecule has 15 heavy (non-hydrogen) atoms. The number of nitrogens with one attached hydrogen (secondary N) is 1. The third-order valence-electron chi connectivity index (χ3n) is 2.61. The molecule has 2 atom stereocenters. The Bertz CT molecular complexity index is 325. The average Bonchev–Trinajstić information content (AvgIpc) is 2.50. The minimum absolute atomic E-state index is 0.160. The molecular weight excluding hydrogens is 218 g/mol. The van der Waals surface area contributed by atoms with Crippen LogP contribution in [0, 0.1) is 0 Å². The normalized spacial score (nSPS) is 26.7. The highest BCUT2D eigenvalue weighted by Gasteiger charge is 2.28. The lowest BCUT2D eigenvalue weighted by atomic mass is 10.1. The van der Waals surface area contributed by atoms with Gasteiger partial charge in [-0.15, -0.1) is 0 Å². The minimum Gasteiger partial charge on any atom is -0.480 e. The fourth-order valence-corrected chi connectivity index (χ4v) is 2.52. The highest BCUT2D eigenvalue weighted by atomic mass is 32.2. The van der Waals surface area contributed by atoms with Crippen LogP contribution in [0.4, 0.5) is 0 Å². The van der Waals surface area contributed by atoms with Crippen LogP contribution in [0.1, 0.15) is 25.7 Å². The van der Waals surface area contributed by atoms with Gasteiger partial charge in [0.05, 0.1) is 0 Å². The predicted octanol–water partition coefficient (Wildman–Crippen LogP) is 0.0164. The molecule has 1 aliphatic rings. The molecule has 1 fully saturated rings. The third kappa shape index (κ3) is 4.61. The molecule has 0 radical (unpaired) electrons. The van der Waals surface area contributed by atoms with E-state index in [4.69, 9.17) is 5.11 Å².